The standard InChI is InChI=1S/C18H24FN5O2/c1-9-15-13(17(25)24(21)18(26)23(15)12-3-4-12)7-14(19)16(9)22-6-5-11(8-20)10(22)2/h7,10-12H,3-6,8,20-21H2,1-2H3. The van der Waals surface area contributed by atoms with Crippen molar-refractivity contribution in [1.29, 1.82) is 0 Å². The molecule has 4 N–H and O–H groups in total. The predicted octanol–water partition coefficient (Wildman–Crippen LogP) is 0.833. The van der Waals surface area contributed by atoms with Crippen LogP contribution in [-0.2, 0) is 0 Å². The fourth-order valence-electron chi connectivity index (χ4n) is 4.32. The summed E-state index contributed by atoms with van der Waals surface area (Å²) in [6.07, 6.45) is 2.61. The van der Waals surface area contributed by atoms with Crippen LogP contribution in [0, 0.1) is 18.7 Å². The van der Waals surface area contributed by atoms with Gasteiger partial charge in [0.15, 0.2) is 0 Å². The summed E-state index contributed by atoms with van der Waals surface area (Å²) < 4.78 is 17.2. The lowest BCUT2D eigenvalue weighted by Crippen LogP contribution is -2.45. The van der Waals surface area contributed by atoms with E-state index in [9.17, 15) is 9.59 Å². The number of rotatable bonds is 3. The minimum atomic E-state index is -0.662. The maximum atomic E-state index is 15.0. The second kappa shape index (κ2) is 5.84. The Morgan fingerprint density at radius 1 is 1.27 bits per heavy atom. The molecule has 1 saturated carbocycles. The number of aryl methyl sites for hydroxylation is 1. The van der Waals surface area contributed by atoms with Gasteiger partial charge in [-0.1, -0.05) is 0 Å². The van der Waals surface area contributed by atoms with Gasteiger partial charge in [0, 0.05) is 24.2 Å². The van der Waals surface area contributed by atoms with Gasteiger partial charge in [0.1, 0.15) is 5.82 Å². The number of hydrogen-bond acceptors (Lipinski definition) is 5. The van der Waals surface area contributed by atoms with E-state index in [1.807, 2.05) is 11.8 Å². The van der Waals surface area contributed by atoms with Gasteiger partial charge in [-0.25, -0.2) is 9.18 Å². The number of benzene rings is 1. The molecule has 7 nitrogen and oxygen atoms in total. The SMILES string of the molecule is Cc1c(N2CCC(CN)C2C)c(F)cc2c(=O)n(N)c(=O)n(C3CC3)c12. The highest BCUT2D eigenvalue weighted by Crippen LogP contribution is 2.40. The molecule has 8 heteroatoms. The summed E-state index contributed by atoms with van der Waals surface area (Å²) in [6.45, 7) is 5.08. The number of aromatic nitrogens is 2. The molecular formula is C18H24FN5O2. The van der Waals surface area contributed by atoms with E-state index in [2.05, 4.69) is 0 Å². The number of nitrogens with two attached hydrogens (primary N) is 2. The maximum absolute atomic E-state index is 15.0. The second-order valence-electron chi connectivity index (χ2n) is 7.51. The van der Waals surface area contributed by atoms with E-state index >= 15 is 4.39 Å². The normalized spacial score (nSPS) is 23.2. The molecule has 2 heterocycles. The van der Waals surface area contributed by atoms with Crippen LogP contribution >= 0.6 is 0 Å². The quantitative estimate of drug-likeness (QED) is 0.789. The monoisotopic (exact) mass is 361 g/mol. The molecule has 2 atom stereocenters. The molecule has 1 aliphatic heterocycles. The van der Waals surface area contributed by atoms with Crippen LogP contribution in [0.2, 0.25) is 0 Å². The molecule has 0 amide bonds. The smallest absolute Gasteiger partial charge is 0.350 e. The van der Waals surface area contributed by atoms with Crippen LogP contribution in [0.1, 0.15) is 37.8 Å². The van der Waals surface area contributed by atoms with Crippen molar-refractivity contribution in [2.45, 2.75) is 45.2 Å². The lowest BCUT2D eigenvalue weighted by atomic mass is 10.0. The molecule has 0 radical (unpaired) electrons. The van der Waals surface area contributed by atoms with Crippen LogP contribution in [-0.4, -0.2) is 28.4 Å². The molecule has 4 rings (SSSR count). The molecule has 1 aromatic carbocycles. The first-order valence-electron chi connectivity index (χ1n) is 9.09. The first kappa shape index (κ1) is 17.1. The van der Waals surface area contributed by atoms with Crippen molar-refractivity contribution in [1.82, 2.24) is 9.24 Å². The summed E-state index contributed by atoms with van der Waals surface area (Å²) >= 11 is 0. The van der Waals surface area contributed by atoms with Crippen LogP contribution in [0.3, 0.4) is 0 Å². The Balaban J connectivity index is 2.03. The average Bonchev–Trinajstić information content (AvgIpc) is 3.38. The Labute approximate surface area is 150 Å². The third-order valence-corrected chi connectivity index (χ3v) is 5.98. The van der Waals surface area contributed by atoms with Gasteiger partial charge in [0.05, 0.1) is 16.6 Å². The van der Waals surface area contributed by atoms with E-state index in [-0.39, 0.29) is 17.5 Å². The predicted molar refractivity (Wildman–Crippen MR) is 99.6 cm³/mol. The number of halogens is 1. The van der Waals surface area contributed by atoms with Gasteiger partial charge in [-0.15, -0.1) is 0 Å². The number of nitrogen functional groups attached to an aromatic ring is 1. The third-order valence-electron chi connectivity index (χ3n) is 5.98. The van der Waals surface area contributed by atoms with E-state index in [1.165, 1.54) is 6.07 Å². The zero-order valence-electron chi connectivity index (χ0n) is 15.0. The molecule has 140 valence electrons. The molecule has 2 fully saturated rings. The summed E-state index contributed by atoms with van der Waals surface area (Å²) in [5.74, 6) is 5.49. The molecule has 1 saturated heterocycles. The Morgan fingerprint density at radius 3 is 2.54 bits per heavy atom. The van der Waals surface area contributed by atoms with Crippen molar-refractivity contribution in [3.05, 3.63) is 38.3 Å². The largest absolute Gasteiger partial charge is 0.366 e. The van der Waals surface area contributed by atoms with E-state index in [1.54, 1.807) is 11.5 Å². The Morgan fingerprint density at radius 2 is 1.96 bits per heavy atom. The van der Waals surface area contributed by atoms with Gasteiger partial charge in [-0.3, -0.25) is 9.36 Å². The van der Waals surface area contributed by atoms with Gasteiger partial charge in [0.2, 0.25) is 0 Å². The van der Waals surface area contributed by atoms with Crippen molar-refractivity contribution < 1.29 is 4.39 Å². The number of nitrogens with zero attached hydrogens (tertiary/aromatic N) is 3. The zero-order chi connectivity index (χ0) is 18.7. The summed E-state index contributed by atoms with van der Waals surface area (Å²) in [4.78, 5) is 27.1. The van der Waals surface area contributed by atoms with Gasteiger partial charge in [-0.05, 0) is 51.6 Å². The minimum Gasteiger partial charge on any atom is -0.366 e. The van der Waals surface area contributed by atoms with Crippen molar-refractivity contribution >= 4 is 16.6 Å². The molecule has 26 heavy (non-hydrogen) atoms. The van der Waals surface area contributed by atoms with E-state index in [0.717, 1.165) is 19.3 Å². The molecule has 1 aromatic heterocycles. The summed E-state index contributed by atoms with van der Waals surface area (Å²) in [5.41, 5.74) is 6.21. The van der Waals surface area contributed by atoms with E-state index in [0.29, 0.717) is 40.5 Å². The average molecular weight is 361 g/mol. The number of hydrogen-bond donors (Lipinski definition) is 2. The highest BCUT2D eigenvalue weighted by atomic mass is 19.1. The molecule has 1 aliphatic carbocycles. The van der Waals surface area contributed by atoms with Crippen molar-refractivity contribution in [2.24, 2.45) is 11.7 Å². The summed E-state index contributed by atoms with van der Waals surface area (Å²) in [5, 5.41) is 0.153. The first-order chi connectivity index (χ1) is 12.4. The molecule has 0 bridgehead atoms. The van der Waals surface area contributed by atoms with Gasteiger partial charge in [0.25, 0.3) is 5.56 Å². The second-order valence-corrected chi connectivity index (χ2v) is 7.51. The van der Waals surface area contributed by atoms with Crippen LogP contribution in [0.25, 0.3) is 10.9 Å². The topological polar surface area (TPSA) is 99.3 Å². The lowest BCUT2D eigenvalue weighted by Gasteiger charge is -2.29. The van der Waals surface area contributed by atoms with Crippen LogP contribution < -0.4 is 27.7 Å². The molecule has 0 spiro atoms. The van der Waals surface area contributed by atoms with Gasteiger partial charge < -0.3 is 16.5 Å². The summed E-state index contributed by atoms with van der Waals surface area (Å²) in [7, 11) is 0. The first-order valence-corrected chi connectivity index (χ1v) is 9.09. The fourth-order valence-corrected chi connectivity index (χ4v) is 4.32. The van der Waals surface area contributed by atoms with Crippen LogP contribution in [0.15, 0.2) is 15.7 Å². The van der Waals surface area contributed by atoms with E-state index in [4.69, 9.17) is 11.6 Å². The third kappa shape index (κ3) is 2.28. The van der Waals surface area contributed by atoms with Crippen molar-refractivity contribution in [2.75, 3.05) is 23.8 Å². The molecule has 2 unspecified atom stereocenters. The fraction of sp³-hybridized carbons (Fsp3) is 0.556. The Bertz CT molecular complexity index is 1010. The van der Waals surface area contributed by atoms with E-state index < -0.39 is 17.1 Å². The maximum Gasteiger partial charge on any atom is 0.350 e. The van der Waals surface area contributed by atoms with Gasteiger partial charge >= 0.3 is 5.69 Å². The minimum absolute atomic E-state index is 0.0187. The van der Waals surface area contributed by atoms with Crippen LogP contribution in [0.5, 0.6) is 0 Å². The Kier molecular flexibility index (Phi) is 3.83. The van der Waals surface area contributed by atoms with Crippen molar-refractivity contribution in [3.63, 3.8) is 0 Å². The molecule has 2 aromatic rings. The lowest BCUT2D eigenvalue weighted by molar-refractivity contribution is 0.504. The van der Waals surface area contributed by atoms with Gasteiger partial charge in [-0.2, -0.15) is 4.68 Å². The molecule has 2 aliphatic rings. The number of anilines is 1. The van der Waals surface area contributed by atoms with Crippen molar-refractivity contribution in [3.8, 4) is 0 Å². The highest BCUT2D eigenvalue weighted by molar-refractivity contribution is 5.87. The van der Waals surface area contributed by atoms with Crippen LogP contribution in [0.4, 0.5) is 10.1 Å². The number of fused-ring (bicyclic) bond motifs is 1. The molecular weight excluding hydrogens is 337 g/mol. The highest BCUT2D eigenvalue weighted by Gasteiger charge is 2.35. The summed E-state index contributed by atoms with van der Waals surface area (Å²) in [6, 6.07) is 1.34. The zero-order valence-corrected chi connectivity index (χ0v) is 15.0. The Hall–Kier alpha value is -2.35.